The molecule has 0 atom stereocenters. The molecule has 1 amide bonds. The second-order valence-electron chi connectivity index (χ2n) is 7.23. The summed E-state index contributed by atoms with van der Waals surface area (Å²) in [7, 11) is 0. The van der Waals surface area contributed by atoms with Crippen molar-refractivity contribution < 1.29 is 9.21 Å². The van der Waals surface area contributed by atoms with E-state index in [4.69, 9.17) is 4.42 Å². The maximum Gasteiger partial charge on any atom is 0.419 e. The molecule has 2 aromatic carbocycles. The lowest BCUT2D eigenvalue weighted by molar-refractivity contribution is -0.121. The van der Waals surface area contributed by atoms with Crippen LogP contribution in [0.4, 0.5) is 5.69 Å². The third-order valence-electron chi connectivity index (χ3n) is 5.26. The molecule has 1 fully saturated rings. The highest BCUT2D eigenvalue weighted by Gasteiger charge is 2.12. The van der Waals surface area contributed by atoms with Crippen LogP contribution in [0, 0.1) is 0 Å². The van der Waals surface area contributed by atoms with E-state index in [1.54, 1.807) is 10.6 Å². The zero-order chi connectivity index (χ0) is 19.3. The van der Waals surface area contributed by atoms with Crippen LogP contribution in [0.3, 0.4) is 0 Å². The molecule has 1 aromatic heterocycles. The average Bonchev–Trinajstić information content (AvgIpc) is 3.35. The number of amides is 1. The van der Waals surface area contributed by atoms with E-state index in [2.05, 4.69) is 34.5 Å². The minimum Gasteiger partial charge on any atom is -0.408 e. The predicted molar refractivity (Wildman–Crippen MR) is 109 cm³/mol. The molecule has 146 valence electrons. The number of benzene rings is 2. The van der Waals surface area contributed by atoms with Crippen molar-refractivity contribution in [2.75, 3.05) is 18.0 Å². The lowest BCUT2D eigenvalue weighted by Crippen LogP contribution is -2.23. The molecule has 1 saturated heterocycles. The number of nitrogens with zero attached hydrogens (tertiary/aromatic N) is 2. The van der Waals surface area contributed by atoms with E-state index >= 15 is 0 Å². The Hall–Kier alpha value is -3.02. The number of fused-ring (bicyclic) bond motifs is 1. The van der Waals surface area contributed by atoms with Crippen LogP contribution in [0.15, 0.2) is 57.7 Å². The predicted octanol–water partition coefficient (Wildman–Crippen LogP) is 3.29. The number of aryl methyl sites for hydroxylation is 1. The normalized spacial score (nSPS) is 13.9. The molecule has 3 aromatic rings. The molecule has 1 aliphatic rings. The van der Waals surface area contributed by atoms with Gasteiger partial charge in [-0.3, -0.25) is 9.36 Å². The Labute approximate surface area is 163 Å². The highest BCUT2D eigenvalue weighted by molar-refractivity contribution is 5.76. The van der Waals surface area contributed by atoms with E-state index in [0.717, 1.165) is 24.2 Å². The van der Waals surface area contributed by atoms with Crippen LogP contribution in [0.25, 0.3) is 11.1 Å². The molecule has 0 spiro atoms. The van der Waals surface area contributed by atoms with Crippen LogP contribution in [0.1, 0.15) is 31.2 Å². The minimum atomic E-state index is -0.375. The summed E-state index contributed by atoms with van der Waals surface area (Å²) in [5.41, 5.74) is 3.69. The Morgan fingerprint density at radius 1 is 1.04 bits per heavy atom. The quantitative estimate of drug-likeness (QED) is 0.684. The number of aromatic nitrogens is 1. The van der Waals surface area contributed by atoms with Gasteiger partial charge in [-0.15, -0.1) is 0 Å². The lowest BCUT2D eigenvalue weighted by atomic mass is 10.2. The molecule has 0 bridgehead atoms. The third-order valence-corrected chi connectivity index (χ3v) is 5.26. The second kappa shape index (κ2) is 8.33. The van der Waals surface area contributed by atoms with Gasteiger partial charge in [-0.05, 0) is 49.1 Å². The number of oxazole rings is 1. The Balaban J connectivity index is 1.24. The summed E-state index contributed by atoms with van der Waals surface area (Å²) in [6.45, 7) is 3.25. The van der Waals surface area contributed by atoms with Gasteiger partial charge in [-0.2, -0.15) is 0 Å². The van der Waals surface area contributed by atoms with E-state index in [0.29, 0.717) is 31.5 Å². The molecule has 0 unspecified atom stereocenters. The molecule has 6 heteroatoms. The first kappa shape index (κ1) is 18.3. The van der Waals surface area contributed by atoms with E-state index in [1.165, 1.54) is 18.5 Å². The average molecular weight is 379 g/mol. The summed E-state index contributed by atoms with van der Waals surface area (Å²) in [6, 6.07) is 15.7. The van der Waals surface area contributed by atoms with E-state index in [1.807, 2.05) is 18.2 Å². The lowest BCUT2D eigenvalue weighted by Gasteiger charge is -2.17. The van der Waals surface area contributed by atoms with Gasteiger partial charge in [0.2, 0.25) is 5.91 Å². The summed E-state index contributed by atoms with van der Waals surface area (Å²) < 4.78 is 6.79. The maximum atomic E-state index is 12.1. The van der Waals surface area contributed by atoms with Gasteiger partial charge in [0, 0.05) is 38.3 Å². The van der Waals surface area contributed by atoms with Crippen molar-refractivity contribution in [3.8, 4) is 0 Å². The minimum absolute atomic E-state index is 0.00975. The molecule has 4 rings (SSSR count). The first-order valence-corrected chi connectivity index (χ1v) is 9.90. The van der Waals surface area contributed by atoms with Crippen molar-refractivity contribution in [2.24, 2.45) is 0 Å². The fourth-order valence-corrected chi connectivity index (χ4v) is 3.71. The zero-order valence-electron chi connectivity index (χ0n) is 15.9. The van der Waals surface area contributed by atoms with Gasteiger partial charge in [-0.1, -0.05) is 24.3 Å². The summed E-state index contributed by atoms with van der Waals surface area (Å²) in [4.78, 5) is 26.5. The number of carbonyl (C=O) groups excluding carboxylic acids is 1. The van der Waals surface area contributed by atoms with Crippen LogP contribution in [-0.2, 0) is 17.9 Å². The molecular weight excluding hydrogens is 354 g/mol. The van der Waals surface area contributed by atoms with Crippen LogP contribution < -0.4 is 16.0 Å². The summed E-state index contributed by atoms with van der Waals surface area (Å²) in [6.07, 6.45) is 3.48. The van der Waals surface area contributed by atoms with Crippen LogP contribution in [0.2, 0.25) is 0 Å². The topological polar surface area (TPSA) is 67.5 Å². The highest BCUT2D eigenvalue weighted by Crippen LogP contribution is 2.20. The molecular formula is C22H25N3O3. The first-order valence-electron chi connectivity index (χ1n) is 9.90. The van der Waals surface area contributed by atoms with Crippen molar-refractivity contribution in [3.05, 3.63) is 64.6 Å². The summed E-state index contributed by atoms with van der Waals surface area (Å²) in [5.74, 6) is -0.385. The molecule has 0 aliphatic carbocycles. The van der Waals surface area contributed by atoms with E-state index < -0.39 is 0 Å². The number of para-hydroxylation sites is 2. The van der Waals surface area contributed by atoms with Gasteiger partial charge >= 0.3 is 5.76 Å². The van der Waals surface area contributed by atoms with Gasteiger partial charge in [-0.25, -0.2) is 4.79 Å². The fourth-order valence-electron chi connectivity index (χ4n) is 3.71. The number of hydrogen-bond donors (Lipinski definition) is 1. The number of rotatable bonds is 7. The van der Waals surface area contributed by atoms with E-state index in [-0.39, 0.29) is 11.7 Å². The van der Waals surface area contributed by atoms with Crippen molar-refractivity contribution in [2.45, 2.75) is 38.8 Å². The SMILES string of the molecule is O=C(CCCn1c(=O)oc2ccccc21)NCc1ccc(N2CCCC2)cc1. The zero-order valence-corrected chi connectivity index (χ0v) is 15.9. The standard InChI is InChI=1S/C22H25N3O3/c26-21(8-5-15-25-19-6-1-2-7-20(19)28-22(25)27)23-16-17-9-11-18(12-10-17)24-13-3-4-14-24/h1-2,6-7,9-12H,3-5,8,13-16H2,(H,23,26). The molecule has 6 nitrogen and oxygen atoms in total. The first-order chi connectivity index (χ1) is 13.7. The van der Waals surface area contributed by atoms with Gasteiger partial charge < -0.3 is 14.6 Å². The van der Waals surface area contributed by atoms with Crippen molar-refractivity contribution >= 4 is 22.7 Å². The Morgan fingerprint density at radius 3 is 2.57 bits per heavy atom. The Morgan fingerprint density at radius 2 is 1.79 bits per heavy atom. The number of carbonyl (C=O) groups is 1. The van der Waals surface area contributed by atoms with Gasteiger partial charge in [0.25, 0.3) is 0 Å². The van der Waals surface area contributed by atoms with Crippen LogP contribution >= 0.6 is 0 Å². The van der Waals surface area contributed by atoms with Crippen molar-refractivity contribution in [1.29, 1.82) is 0 Å². The largest absolute Gasteiger partial charge is 0.419 e. The van der Waals surface area contributed by atoms with E-state index in [9.17, 15) is 9.59 Å². The molecule has 0 radical (unpaired) electrons. The fraction of sp³-hybridized carbons (Fsp3) is 0.364. The molecule has 1 N–H and O–H groups in total. The number of nitrogens with one attached hydrogen (secondary N) is 1. The van der Waals surface area contributed by atoms with Crippen molar-refractivity contribution in [1.82, 2.24) is 9.88 Å². The molecule has 0 saturated carbocycles. The molecule has 2 heterocycles. The Kier molecular flexibility index (Phi) is 5.46. The number of hydrogen-bond acceptors (Lipinski definition) is 4. The molecule has 28 heavy (non-hydrogen) atoms. The van der Waals surface area contributed by atoms with Crippen LogP contribution in [0.5, 0.6) is 0 Å². The highest BCUT2D eigenvalue weighted by atomic mass is 16.4. The maximum absolute atomic E-state index is 12.1. The van der Waals surface area contributed by atoms with Crippen LogP contribution in [-0.4, -0.2) is 23.6 Å². The monoisotopic (exact) mass is 379 g/mol. The van der Waals surface area contributed by atoms with Crippen molar-refractivity contribution in [3.63, 3.8) is 0 Å². The number of anilines is 1. The van der Waals surface area contributed by atoms with Gasteiger partial charge in [0.1, 0.15) is 0 Å². The Bertz CT molecular complexity index is 998. The third kappa shape index (κ3) is 4.11. The summed E-state index contributed by atoms with van der Waals surface area (Å²) in [5, 5.41) is 2.96. The smallest absolute Gasteiger partial charge is 0.408 e. The summed E-state index contributed by atoms with van der Waals surface area (Å²) >= 11 is 0. The van der Waals surface area contributed by atoms with Gasteiger partial charge in [0.15, 0.2) is 5.58 Å². The second-order valence-corrected chi connectivity index (χ2v) is 7.23. The van der Waals surface area contributed by atoms with Gasteiger partial charge in [0.05, 0.1) is 5.52 Å². The molecule has 1 aliphatic heterocycles.